The number of benzene rings is 1. The Morgan fingerprint density at radius 1 is 1.12 bits per heavy atom. The monoisotopic (exact) mass is 234 g/mol. The fourth-order valence-corrected chi connectivity index (χ4v) is 2.36. The molecule has 1 aromatic carbocycles. The van der Waals surface area contributed by atoms with Crippen molar-refractivity contribution in [2.45, 2.75) is 44.6 Å². The SMILES string of the molecule is OC(CC1=CCCCC1)Cc1ccc(F)cc1. The fraction of sp³-hybridized carbons (Fsp3) is 0.467. The normalized spacial score (nSPS) is 17.6. The van der Waals surface area contributed by atoms with Crippen LogP contribution in [-0.2, 0) is 6.42 Å². The van der Waals surface area contributed by atoms with E-state index in [1.807, 2.05) is 0 Å². The average molecular weight is 234 g/mol. The van der Waals surface area contributed by atoms with Crippen LogP contribution in [0.25, 0.3) is 0 Å². The van der Waals surface area contributed by atoms with E-state index in [0.717, 1.165) is 24.8 Å². The first-order valence-corrected chi connectivity index (χ1v) is 6.34. The summed E-state index contributed by atoms with van der Waals surface area (Å²) in [6.45, 7) is 0. The van der Waals surface area contributed by atoms with Crippen LogP contribution < -0.4 is 0 Å². The van der Waals surface area contributed by atoms with Gasteiger partial charge in [0.1, 0.15) is 5.82 Å². The minimum atomic E-state index is -0.343. The van der Waals surface area contributed by atoms with Gasteiger partial charge in [-0.05, 0) is 56.2 Å². The van der Waals surface area contributed by atoms with Crippen molar-refractivity contribution in [3.8, 4) is 0 Å². The molecule has 17 heavy (non-hydrogen) atoms. The molecule has 1 aliphatic carbocycles. The second-order valence-electron chi connectivity index (χ2n) is 4.80. The molecule has 2 rings (SSSR count). The lowest BCUT2D eigenvalue weighted by Crippen LogP contribution is -2.12. The molecule has 0 saturated heterocycles. The second-order valence-corrected chi connectivity index (χ2v) is 4.80. The molecule has 0 radical (unpaired) electrons. The van der Waals surface area contributed by atoms with Gasteiger partial charge in [-0.1, -0.05) is 23.8 Å². The topological polar surface area (TPSA) is 20.2 Å². The molecule has 1 nitrogen and oxygen atoms in total. The molecular weight excluding hydrogens is 215 g/mol. The van der Waals surface area contributed by atoms with Gasteiger partial charge in [0, 0.05) is 0 Å². The van der Waals surface area contributed by atoms with Crippen LogP contribution >= 0.6 is 0 Å². The fourth-order valence-electron chi connectivity index (χ4n) is 2.36. The lowest BCUT2D eigenvalue weighted by Gasteiger charge is -2.16. The van der Waals surface area contributed by atoms with E-state index in [2.05, 4.69) is 6.08 Å². The molecule has 0 fully saturated rings. The summed E-state index contributed by atoms with van der Waals surface area (Å²) in [6, 6.07) is 6.38. The van der Waals surface area contributed by atoms with E-state index in [0.29, 0.717) is 6.42 Å². The van der Waals surface area contributed by atoms with Crippen molar-refractivity contribution in [1.29, 1.82) is 0 Å². The molecular formula is C15H19FO. The number of aliphatic hydroxyl groups is 1. The summed E-state index contributed by atoms with van der Waals surface area (Å²) in [5.74, 6) is -0.224. The number of aliphatic hydroxyl groups excluding tert-OH is 1. The molecule has 0 aromatic heterocycles. The molecule has 2 heteroatoms. The predicted octanol–water partition coefficient (Wildman–Crippen LogP) is 3.62. The van der Waals surface area contributed by atoms with Crippen LogP contribution in [0.15, 0.2) is 35.9 Å². The maximum atomic E-state index is 12.7. The highest BCUT2D eigenvalue weighted by Crippen LogP contribution is 2.22. The van der Waals surface area contributed by atoms with Crippen molar-refractivity contribution in [2.75, 3.05) is 0 Å². The smallest absolute Gasteiger partial charge is 0.123 e. The zero-order chi connectivity index (χ0) is 12.1. The third-order valence-electron chi connectivity index (χ3n) is 3.27. The van der Waals surface area contributed by atoms with E-state index in [4.69, 9.17) is 0 Å². The van der Waals surface area contributed by atoms with E-state index in [9.17, 15) is 9.50 Å². The van der Waals surface area contributed by atoms with Gasteiger partial charge in [0.2, 0.25) is 0 Å². The van der Waals surface area contributed by atoms with Crippen molar-refractivity contribution in [2.24, 2.45) is 0 Å². The third kappa shape index (κ3) is 3.97. The highest BCUT2D eigenvalue weighted by Gasteiger charge is 2.10. The van der Waals surface area contributed by atoms with Gasteiger partial charge in [-0.2, -0.15) is 0 Å². The van der Waals surface area contributed by atoms with Crippen LogP contribution in [0.4, 0.5) is 4.39 Å². The molecule has 1 N–H and O–H groups in total. The molecule has 0 saturated carbocycles. The molecule has 1 aliphatic rings. The van der Waals surface area contributed by atoms with Crippen molar-refractivity contribution in [1.82, 2.24) is 0 Å². The van der Waals surface area contributed by atoms with Crippen molar-refractivity contribution < 1.29 is 9.50 Å². The van der Waals surface area contributed by atoms with Gasteiger partial charge in [0.25, 0.3) is 0 Å². The highest BCUT2D eigenvalue weighted by atomic mass is 19.1. The van der Waals surface area contributed by atoms with Crippen molar-refractivity contribution in [3.63, 3.8) is 0 Å². The number of hydrogen-bond donors (Lipinski definition) is 1. The van der Waals surface area contributed by atoms with Crippen LogP contribution in [0.3, 0.4) is 0 Å². The number of hydrogen-bond acceptors (Lipinski definition) is 1. The largest absolute Gasteiger partial charge is 0.392 e. The number of halogens is 1. The first-order chi connectivity index (χ1) is 8.24. The van der Waals surface area contributed by atoms with Crippen LogP contribution in [-0.4, -0.2) is 11.2 Å². The Hall–Kier alpha value is -1.15. The Labute approximate surface area is 102 Å². The summed E-state index contributed by atoms with van der Waals surface area (Å²) < 4.78 is 12.7. The van der Waals surface area contributed by atoms with Gasteiger partial charge in [-0.15, -0.1) is 0 Å². The zero-order valence-electron chi connectivity index (χ0n) is 10.0. The Bertz CT molecular complexity index is 380. The van der Waals surface area contributed by atoms with Crippen LogP contribution in [0, 0.1) is 5.82 Å². The van der Waals surface area contributed by atoms with E-state index >= 15 is 0 Å². The van der Waals surface area contributed by atoms with Gasteiger partial charge >= 0.3 is 0 Å². The predicted molar refractivity (Wildman–Crippen MR) is 67.3 cm³/mol. The zero-order valence-corrected chi connectivity index (χ0v) is 10.0. The first-order valence-electron chi connectivity index (χ1n) is 6.34. The summed E-state index contributed by atoms with van der Waals surface area (Å²) in [5.41, 5.74) is 2.38. The Kier molecular flexibility index (Phi) is 4.32. The van der Waals surface area contributed by atoms with E-state index < -0.39 is 0 Å². The minimum Gasteiger partial charge on any atom is -0.392 e. The summed E-state index contributed by atoms with van der Waals surface area (Å²) in [5, 5.41) is 9.99. The Morgan fingerprint density at radius 3 is 2.53 bits per heavy atom. The molecule has 0 spiro atoms. The van der Waals surface area contributed by atoms with E-state index in [1.54, 1.807) is 12.1 Å². The lowest BCUT2D eigenvalue weighted by atomic mass is 9.93. The molecule has 92 valence electrons. The highest BCUT2D eigenvalue weighted by molar-refractivity contribution is 5.17. The molecule has 1 unspecified atom stereocenters. The summed E-state index contributed by atoms with van der Waals surface area (Å²) >= 11 is 0. The van der Waals surface area contributed by atoms with Crippen molar-refractivity contribution >= 4 is 0 Å². The van der Waals surface area contributed by atoms with Crippen LogP contribution in [0.2, 0.25) is 0 Å². The summed E-state index contributed by atoms with van der Waals surface area (Å²) in [7, 11) is 0. The molecule has 0 heterocycles. The van der Waals surface area contributed by atoms with Gasteiger partial charge in [0.05, 0.1) is 6.10 Å². The average Bonchev–Trinajstić information content (AvgIpc) is 2.33. The van der Waals surface area contributed by atoms with Crippen LogP contribution in [0.1, 0.15) is 37.7 Å². The molecule has 0 bridgehead atoms. The van der Waals surface area contributed by atoms with E-state index in [-0.39, 0.29) is 11.9 Å². The number of rotatable bonds is 4. The lowest BCUT2D eigenvalue weighted by molar-refractivity contribution is 0.173. The van der Waals surface area contributed by atoms with Crippen molar-refractivity contribution in [3.05, 3.63) is 47.3 Å². The summed E-state index contributed by atoms with van der Waals surface area (Å²) in [6.07, 6.45) is 8.09. The van der Waals surface area contributed by atoms with E-state index in [1.165, 1.54) is 30.5 Å². The van der Waals surface area contributed by atoms with Gasteiger partial charge in [-0.25, -0.2) is 4.39 Å². The van der Waals surface area contributed by atoms with Gasteiger partial charge in [0.15, 0.2) is 0 Å². The second kappa shape index (κ2) is 5.97. The maximum Gasteiger partial charge on any atom is 0.123 e. The van der Waals surface area contributed by atoms with Crippen LogP contribution in [0.5, 0.6) is 0 Å². The van der Waals surface area contributed by atoms with Gasteiger partial charge < -0.3 is 5.11 Å². The number of allylic oxidation sites excluding steroid dienone is 1. The minimum absolute atomic E-state index is 0.224. The standard InChI is InChI=1S/C15H19FO/c16-14-8-6-13(7-9-14)11-15(17)10-12-4-2-1-3-5-12/h4,6-9,15,17H,1-3,5,10-11H2. The summed E-state index contributed by atoms with van der Waals surface area (Å²) in [4.78, 5) is 0. The molecule has 0 amide bonds. The molecule has 0 aliphatic heterocycles. The Balaban J connectivity index is 1.86. The quantitative estimate of drug-likeness (QED) is 0.789. The maximum absolute atomic E-state index is 12.7. The first kappa shape index (κ1) is 12.3. The molecule has 1 atom stereocenters. The van der Waals surface area contributed by atoms with Gasteiger partial charge in [-0.3, -0.25) is 0 Å². The Morgan fingerprint density at radius 2 is 1.88 bits per heavy atom. The molecule has 1 aromatic rings. The third-order valence-corrected chi connectivity index (χ3v) is 3.27.